The molecule has 0 amide bonds. The molecule has 3 nitrogen and oxygen atoms in total. The molecule has 0 N–H and O–H groups in total. The van der Waals surface area contributed by atoms with Gasteiger partial charge < -0.3 is 9.76 Å². The summed E-state index contributed by atoms with van der Waals surface area (Å²) in [5, 5.41) is 11.7. The van der Waals surface area contributed by atoms with Gasteiger partial charge in [0.15, 0.2) is 6.20 Å². The van der Waals surface area contributed by atoms with Gasteiger partial charge in [-0.3, -0.25) is 0 Å². The lowest BCUT2D eigenvalue weighted by Gasteiger charge is -2.08. The van der Waals surface area contributed by atoms with Crippen LogP contribution in [0.2, 0.25) is 0 Å². The Balaban J connectivity index is 2.15. The number of benzene rings is 1. The maximum Gasteiger partial charge on any atom is 0.393 e. The zero-order chi connectivity index (χ0) is 11.4. The van der Waals surface area contributed by atoms with Gasteiger partial charge in [0.05, 0.1) is 17.2 Å². The van der Waals surface area contributed by atoms with E-state index in [9.17, 15) is 9.76 Å². The topological polar surface area (TPSA) is 50.0 Å². The molecule has 82 valence electrons. The van der Waals surface area contributed by atoms with Gasteiger partial charge in [0.25, 0.3) is 0 Å². The highest BCUT2D eigenvalue weighted by Gasteiger charge is 2.20. The van der Waals surface area contributed by atoms with Crippen LogP contribution >= 0.6 is 0 Å². The lowest BCUT2D eigenvalue weighted by atomic mass is 10.2. The first-order valence-electron chi connectivity index (χ1n) is 4.88. The van der Waals surface area contributed by atoms with E-state index in [1.807, 2.05) is 30.3 Å². The van der Waals surface area contributed by atoms with E-state index >= 15 is 0 Å². The molecule has 1 unspecified atom stereocenters. The average Bonchev–Trinajstić information content (AvgIpc) is 2.31. The molecule has 0 fully saturated rings. The second-order valence-electron chi connectivity index (χ2n) is 3.34. The molecule has 0 saturated carbocycles. The Morgan fingerprint density at radius 3 is 2.38 bits per heavy atom. The molecule has 2 aromatic rings. The minimum Gasteiger partial charge on any atom is -0.615 e. The summed E-state index contributed by atoms with van der Waals surface area (Å²) in [7, 11) is 0. The van der Waals surface area contributed by atoms with Gasteiger partial charge >= 0.3 is 5.03 Å². The summed E-state index contributed by atoms with van der Waals surface area (Å²) in [6.45, 7) is 0. The van der Waals surface area contributed by atoms with Crippen LogP contribution in [0.3, 0.4) is 0 Å². The van der Waals surface area contributed by atoms with Crippen molar-refractivity contribution in [2.75, 3.05) is 0 Å². The van der Waals surface area contributed by atoms with E-state index in [2.05, 4.69) is 0 Å². The van der Waals surface area contributed by atoms with Crippen LogP contribution in [0.15, 0.2) is 59.8 Å². The Hall–Kier alpha value is -1.52. The monoisotopic (exact) mass is 233 g/mol. The first-order valence-corrected chi connectivity index (χ1v) is 6.20. The predicted molar refractivity (Wildman–Crippen MR) is 62.0 cm³/mol. The molecular formula is C12H11NO2S. The Labute approximate surface area is 97.1 Å². The minimum atomic E-state index is -1.30. The zero-order valence-corrected chi connectivity index (χ0v) is 9.39. The number of nitrogens with zero attached hydrogens (tertiary/aromatic N) is 1. The highest BCUT2D eigenvalue weighted by molar-refractivity contribution is 7.90. The molecule has 2 rings (SSSR count). The van der Waals surface area contributed by atoms with E-state index in [0.29, 0.717) is 15.5 Å². The third-order valence-corrected chi connectivity index (χ3v) is 3.54. The molecule has 0 bridgehead atoms. The fraction of sp³-hybridized carbons (Fsp3) is 0.0833. The summed E-state index contributed by atoms with van der Waals surface area (Å²) < 4.78 is 12.6. The highest BCUT2D eigenvalue weighted by Crippen LogP contribution is 2.12. The van der Waals surface area contributed by atoms with Gasteiger partial charge in [0, 0.05) is 11.6 Å². The molecule has 0 aliphatic carbocycles. The van der Waals surface area contributed by atoms with E-state index in [1.54, 1.807) is 18.2 Å². The van der Waals surface area contributed by atoms with Crippen molar-refractivity contribution in [3.63, 3.8) is 0 Å². The second kappa shape index (κ2) is 5.01. The molecule has 0 aliphatic rings. The van der Waals surface area contributed by atoms with Crippen LogP contribution in [0.5, 0.6) is 0 Å². The molecular weight excluding hydrogens is 222 g/mol. The van der Waals surface area contributed by atoms with Gasteiger partial charge in [0.1, 0.15) is 5.75 Å². The highest BCUT2D eigenvalue weighted by atomic mass is 32.2. The molecule has 4 heteroatoms. The summed E-state index contributed by atoms with van der Waals surface area (Å²) in [5.74, 6) is 0.368. The molecule has 16 heavy (non-hydrogen) atoms. The normalized spacial score (nSPS) is 12.3. The van der Waals surface area contributed by atoms with E-state index in [-0.39, 0.29) is 0 Å². The van der Waals surface area contributed by atoms with Crippen LogP contribution in [0.25, 0.3) is 0 Å². The summed E-state index contributed by atoms with van der Waals surface area (Å²) in [6.07, 6.45) is 1.36. The number of pyridine rings is 1. The van der Waals surface area contributed by atoms with Gasteiger partial charge in [-0.1, -0.05) is 30.3 Å². The molecule has 1 aromatic carbocycles. The molecule has 0 aliphatic heterocycles. The van der Waals surface area contributed by atoms with E-state index in [0.717, 1.165) is 5.56 Å². The lowest BCUT2D eigenvalue weighted by molar-refractivity contribution is -0.646. The van der Waals surface area contributed by atoms with Crippen LogP contribution < -0.4 is 4.73 Å². The Kier molecular flexibility index (Phi) is 3.44. The fourth-order valence-corrected chi connectivity index (χ4v) is 2.52. The second-order valence-corrected chi connectivity index (χ2v) is 4.74. The smallest absolute Gasteiger partial charge is 0.393 e. The standard InChI is InChI=1S/C12H11NO2S/c14-13-9-5-4-8-12(13)16(15)10-11-6-2-1-3-7-11/h1-9H,10H2. The SMILES string of the molecule is [O-][n+]1ccccc1[S+]([O-])Cc1ccccc1. The number of hydrogen-bond acceptors (Lipinski definition) is 2. The van der Waals surface area contributed by atoms with Crippen molar-refractivity contribution in [3.05, 3.63) is 65.5 Å². The Morgan fingerprint density at radius 2 is 1.69 bits per heavy atom. The molecule has 1 aromatic heterocycles. The number of rotatable bonds is 3. The van der Waals surface area contributed by atoms with Crippen LogP contribution in [-0.2, 0) is 16.9 Å². The Bertz CT molecular complexity index is 462. The van der Waals surface area contributed by atoms with Gasteiger partial charge in [-0.15, -0.1) is 4.73 Å². The summed E-state index contributed by atoms with van der Waals surface area (Å²) in [4.78, 5) is 0. The predicted octanol–water partition coefficient (Wildman–Crippen LogP) is 1.63. The minimum absolute atomic E-state index is 0.298. The number of aromatic nitrogens is 1. The van der Waals surface area contributed by atoms with Gasteiger partial charge in [-0.25, -0.2) is 0 Å². The molecule has 0 radical (unpaired) electrons. The van der Waals surface area contributed by atoms with Gasteiger partial charge in [0.2, 0.25) is 0 Å². The zero-order valence-electron chi connectivity index (χ0n) is 8.58. The molecule has 0 saturated heterocycles. The van der Waals surface area contributed by atoms with Crippen molar-refractivity contribution in [2.45, 2.75) is 10.8 Å². The van der Waals surface area contributed by atoms with E-state index < -0.39 is 11.2 Å². The number of hydrogen-bond donors (Lipinski definition) is 0. The van der Waals surface area contributed by atoms with Gasteiger partial charge in [-0.05, 0) is 6.07 Å². The summed E-state index contributed by atoms with van der Waals surface area (Å²) >= 11 is -1.30. The van der Waals surface area contributed by atoms with E-state index in [1.165, 1.54) is 6.20 Å². The van der Waals surface area contributed by atoms with Gasteiger partial charge in [-0.2, -0.15) is 0 Å². The van der Waals surface area contributed by atoms with Crippen LogP contribution in [0, 0.1) is 5.21 Å². The molecule has 0 spiro atoms. The van der Waals surface area contributed by atoms with E-state index in [4.69, 9.17) is 0 Å². The first-order chi connectivity index (χ1) is 7.77. The molecule has 1 heterocycles. The quantitative estimate of drug-likeness (QED) is 0.459. The first kappa shape index (κ1) is 11.0. The van der Waals surface area contributed by atoms with Crippen molar-refractivity contribution < 1.29 is 9.28 Å². The third-order valence-electron chi connectivity index (χ3n) is 2.16. The fourth-order valence-electron chi connectivity index (χ4n) is 1.39. The molecule has 1 atom stereocenters. The van der Waals surface area contributed by atoms with Crippen molar-refractivity contribution in [3.8, 4) is 0 Å². The van der Waals surface area contributed by atoms with Crippen molar-refractivity contribution in [1.82, 2.24) is 0 Å². The van der Waals surface area contributed by atoms with Crippen LogP contribution in [-0.4, -0.2) is 4.55 Å². The largest absolute Gasteiger partial charge is 0.615 e. The maximum absolute atomic E-state index is 11.9. The Morgan fingerprint density at radius 1 is 1.00 bits per heavy atom. The summed E-state index contributed by atoms with van der Waals surface area (Å²) in [5.41, 5.74) is 0.963. The van der Waals surface area contributed by atoms with Crippen LogP contribution in [0.1, 0.15) is 5.56 Å². The van der Waals surface area contributed by atoms with Crippen molar-refractivity contribution in [1.29, 1.82) is 0 Å². The van der Waals surface area contributed by atoms with Crippen LogP contribution in [0.4, 0.5) is 0 Å². The van der Waals surface area contributed by atoms with Crippen molar-refractivity contribution in [2.24, 2.45) is 0 Å². The average molecular weight is 233 g/mol. The lowest BCUT2D eigenvalue weighted by Crippen LogP contribution is -2.33. The summed E-state index contributed by atoms with van der Waals surface area (Å²) in [6, 6.07) is 14.4. The van der Waals surface area contributed by atoms with Crippen molar-refractivity contribution >= 4 is 11.2 Å². The maximum atomic E-state index is 11.9. The third kappa shape index (κ3) is 2.53.